The number of hydrogen-bond acceptors (Lipinski definition) is 5. The highest BCUT2D eigenvalue weighted by Gasteiger charge is 2.29. The minimum Gasteiger partial charge on any atom is -0.338 e. The Morgan fingerprint density at radius 1 is 1.34 bits per heavy atom. The van der Waals surface area contributed by atoms with Crippen LogP contribution in [0.3, 0.4) is 0 Å². The number of hydrogen-bond donors (Lipinski definition) is 2. The van der Waals surface area contributed by atoms with Crippen molar-refractivity contribution in [2.75, 3.05) is 20.1 Å². The first-order chi connectivity index (χ1) is 13.9. The molecule has 1 saturated heterocycles. The second kappa shape index (κ2) is 7.53. The number of sulfonamides is 1. The Morgan fingerprint density at radius 2 is 2.17 bits per heavy atom. The van der Waals surface area contributed by atoms with Gasteiger partial charge in [-0.2, -0.15) is 5.10 Å². The molecule has 1 aliphatic rings. The van der Waals surface area contributed by atoms with Crippen LogP contribution < -0.4 is 4.72 Å². The molecule has 3 aromatic rings. The van der Waals surface area contributed by atoms with Crippen LogP contribution in [0.2, 0.25) is 0 Å². The maximum atomic E-state index is 14.4. The number of nitrogens with zero attached hydrogens (tertiary/aromatic N) is 3. The van der Waals surface area contributed by atoms with E-state index in [9.17, 15) is 17.6 Å². The van der Waals surface area contributed by atoms with Crippen molar-refractivity contribution in [3.8, 4) is 0 Å². The lowest BCUT2D eigenvalue weighted by molar-refractivity contribution is 0.0701. The van der Waals surface area contributed by atoms with Crippen LogP contribution in [0.4, 0.5) is 4.39 Å². The Labute approximate surface area is 167 Å². The summed E-state index contributed by atoms with van der Waals surface area (Å²) >= 11 is 0. The molecule has 0 radical (unpaired) electrons. The van der Waals surface area contributed by atoms with Crippen LogP contribution in [-0.4, -0.2) is 54.5 Å². The summed E-state index contributed by atoms with van der Waals surface area (Å²) in [6.45, 7) is 0.857. The van der Waals surface area contributed by atoms with E-state index in [0.29, 0.717) is 18.7 Å². The van der Waals surface area contributed by atoms with Crippen molar-refractivity contribution in [3.63, 3.8) is 0 Å². The van der Waals surface area contributed by atoms with E-state index in [1.54, 1.807) is 11.1 Å². The molecule has 1 fully saturated rings. The summed E-state index contributed by atoms with van der Waals surface area (Å²) in [7, 11) is -2.52. The molecule has 1 aliphatic heterocycles. The first-order valence-corrected chi connectivity index (χ1v) is 10.7. The highest BCUT2D eigenvalue weighted by Crippen LogP contribution is 2.31. The molecule has 8 nitrogen and oxygen atoms in total. The number of rotatable bonds is 4. The average Bonchev–Trinajstić information content (AvgIpc) is 3.18. The number of H-pyrrole nitrogens is 1. The molecular weight excluding hydrogens is 397 g/mol. The summed E-state index contributed by atoms with van der Waals surface area (Å²) in [5, 5.41) is 8.13. The number of aromatic amines is 1. The molecule has 0 spiro atoms. The Hall–Kier alpha value is -2.85. The number of fused-ring (bicyclic) bond motifs is 1. The fourth-order valence-electron chi connectivity index (χ4n) is 3.70. The number of piperidine rings is 1. The Kier molecular flexibility index (Phi) is 5.05. The summed E-state index contributed by atoms with van der Waals surface area (Å²) in [4.78, 5) is 18.6. The number of carbonyl (C=O) groups excluding carboxylic acids is 1. The molecule has 152 valence electrons. The van der Waals surface area contributed by atoms with Crippen LogP contribution >= 0.6 is 0 Å². The van der Waals surface area contributed by atoms with Gasteiger partial charge in [-0.05, 0) is 50.2 Å². The molecule has 0 aliphatic carbocycles. The van der Waals surface area contributed by atoms with Crippen molar-refractivity contribution in [3.05, 3.63) is 53.6 Å². The van der Waals surface area contributed by atoms with E-state index in [0.717, 1.165) is 42.1 Å². The van der Waals surface area contributed by atoms with Crippen LogP contribution in [0.25, 0.3) is 11.0 Å². The van der Waals surface area contributed by atoms with Crippen molar-refractivity contribution < 1.29 is 17.6 Å². The number of amides is 1. The lowest BCUT2D eigenvalue weighted by atomic mass is 9.92. The van der Waals surface area contributed by atoms with Gasteiger partial charge in [-0.3, -0.25) is 9.89 Å². The van der Waals surface area contributed by atoms with Crippen LogP contribution in [0, 0.1) is 5.82 Å². The molecule has 4 rings (SSSR count). The van der Waals surface area contributed by atoms with E-state index in [4.69, 9.17) is 0 Å². The van der Waals surface area contributed by atoms with E-state index < -0.39 is 21.7 Å². The van der Waals surface area contributed by atoms with Crippen molar-refractivity contribution in [1.29, 1.82) is 0 Å². The van der Waals surface area contributed by atoms with E-state index in [2.05, 4.69) is 19.9 Å². The van der Waals surface area contributed by atoms with Gasteiger partial charge in [0.15, 0.2) is 5.65 Å². The average molecular weight is 417 g/mol. The largest absolute Gasteiger partial charge is 0.338 e. The van der Waals surface area contributed by atoms with E-state index in [1.165, 1.54) is 7.05 Å². The zero-order chi connectivity index (χ0) is 20.6. The number of aromatic nitrogens is 3. The molecule has 2 N–H and O–H groups in total. The predicted octanol–water partition coefficient (Wildman–Crippen LogP) is 2.02. The van der Waals surface area contributed by atoms with E-state index in [-0.39, 0.29) is 16.4 Å². The van der Waals surface area contributed by atoms with Crippen molar-refractivity contribution in [2.45, 2.75) is 23.7 Å². The number of nitrogens with one attached hydrogen (secondary N) is 2. The summed E-state index contributed by atoms with van der Waals surface area (Å²) < 4.78 is 40.6. The van der Waals surface area contributed by atoms with E-state index in [1.807, 2.05) is 12.1 Å². The zero-order valence-corrected chi connectivity index (χ0v) is 16.5. The number of pyridine rings is 1. The molecule has 3 heterocycles. The standard InChI is InChI=1S/C19H20FN5O3S/c1-21-29(27,28)13-6-7-16(20)15(10-13)19(26)25-9-3-4-12(11-25)17-14-5-2-8-22-18(14)24-23-17/h2,5-8,10,12,21H,3-4,9,11H2,1H3,(H,22,23,24). The summed E-state index contributed by atoms with van der Waals surface area (Å²) in [5.74, 6) is -1.26. The minimum atomic E-state index is -3.78. The van der Waals surface area contributed by atoms with Gasteiger partial charge in [0.2, 0.25) is 10.0 Å². The number of carbonyl (C=O) groups is 1. The van der Waals surface area contributed by atoms with Crippen molar-refractivity contribution in [2.24, 2.45) is 0 Å². The molecular formula is C19H20FN5O3S. The highest BCUT2D eigenvalue weighted by atomic mass is 32.2. The number of halogens is 1. The van der Waals surface area contributed by atoms with Gasteiger partial charge < -0.3 is 4.90 Å². The topological polar surface area (TPSA) is 108 Å². The normalized spacial score (nSPS) is 17.6. The predicted molar refractivity (Wildman–Crippen MR) is 104 cm³/mol. The van der Waals surface area contributed by atoms with Crippen molar-refractivity contribution >= 4 is 27.0 Å². The van der Waals surface area contributed by atoms with Gasteiger partial charge >= 0.3 is 0 Å². The fraction of sp³-hybridized carbons (Fsp3) is 0.316. The fourth-order valence-corrected chi connectivity index (χ4v) is 4.46. The summed E-state index contributed by atoms with van der Waals surface area (Å²) in [6, 6.07) is 6.99. The molecule has 2 aromatic heterocycles. The quantitative estimate of drug-likeness (QED) is 0.675. The second-order valence-corrected chi connectivity index (χ2v) is 8.84. The van der Waals surface area contributed by atoms with Crippen LogP contribution in [-0.2, 0) is 10.0 Å². The van der Waals surface area contributed by atoms with Gasteiger partial charge in [-0.25, -0.2) is 22.5 Å². The monoisotopic (exact) mass is 417 g/mol. The highest BCUT2D eigenvalue weighted by molar-refractivity contribution is 7.89. The molecule has 1 unspecified atom stereocenters. The molecule has 0 saturated carbocycles. The molecule has 10 heteroatoms. The Morgan fingerprint density at radius 3 is 2.97 bits per heavy atom. The maximum Gasteiger partial charge on any atom is 0.256 e. The Bertz CT molecular complexity index is 1180. The van der Waals surface area contributed by atoms with Gasteiger partial charge in [0.25, 0.3) is 5.91 Å². The van der Waals surface area contributed by atoms with Gasteiger partial charge in [0.05, 0.1) is 10.5 Å². The van der Waals surface area contributed by atoms with Gasteiger partial charge in [-0.1, -0.05) is 0 Å². The molecule has 1 atom stereocenters. The Balaban J connectivity index is 1.62. The number of benzene rings is 1. The molecule has 1 aromatic carbocycles. The van der Waals surface area contributed by atoms with Gasteiger partial charge in [0, 0.05) is 36.3 Å². The van der Waals surface area contributed by atoms with Crippen LogP contribution in [0.1, 0.15) is 34.8 Å². The van der Waals surface area contributed by atoms with E-state index >= 15 is 0 Å². The van der Waals surface area contributed by atoms with Crippen LogP contribution in [0.15, 0.2) is 41.4 Å². The summed E-state index contributed by atoms with van der Waals surface area (Å²) in [6.07, 6.45) is 3.26. The van der Waals surface area contributed by atoms with Crippen molar-refractivity contribution in [1.82, 2.24) is 24.8 Å². The third-order valence-electron chi connectivity index (χ3n) is 5.22. The maximum absolute atomic E-state index is 14.4. The minimum absolute atomic E-state index is 0.00850. The molecule has 0 bridgehead atoms. The lowest BCUT2D eigenvalue weighted by Gasteiger charge is -2.32. The van der Waals surface area contributed by atoms with Crippen LogP contribution in [0.5, 0.6) is 0 Å². The first-order valence-electron chi connectivity index (χ1n) is 9.22. The first kappa shape index (κ1) is 19.5. The third kappa shape index (κ3) is 3.60. The summed E-state index contributed by atoms with van der Waals surface area (Å²) in [5.41, 5.74) is 1.26. The molecule has 29 heavy (non-hydrogen) atoms. The van der Waals surface area contributed by atoms with Gasteiger partial charge in [0.1, 0.15) is 5.82 Å². The van der Waals surface area contributed by atoms with Gasteiger partial charge in [-0.15, -0.1) is 0 Å². The molecule has 1 amide bonds. The third-order valence-corrected chi connectivity index (χ3v) is 6.64. The lowest BCUT2D eigenvalue weighted by Crippen LogP contribution is -2.39. The number of likely N-dealkylation sites (tertiary alicyclic amines) is 1. The smallest absolute Gasteiger partial charge is 0.256 e. The zero-order valence-electron chi connectivity index (χ0n) is 15.7. The second-order valence-electron chi connectivity index (χ2n) is 6.95. The SMILES string of the molecule is CNS(=O)(=O)c1ccc(F)c(C(=O)N2CCCC(c3[nH]nc4ncccc34)C2)c1.